The van der Waals surface area contributed by atoms with Gasteiger partial charge in [0.15, 0.2) is 0 Å². The highest BCUT2D eigenvalue weighted by atomic mass is 19.1. The first-order chi connectivity index (χ1) is 16.1. The monoisotopic (exact) mass is 473 g/mol. The zero-order valence-electron chi connectivity index (χ0n) is 21.2. The Labute approximate surface area is 203 Å². The molecule has 3 unspecified atom stereocenters. The first-order valence-corrected chi connectivity index (χ1v) is 13.1. The van der Waals surface area contributed by atoms with Crippen LogP contribution in [0.15, 0.2) is 12.1 Å². The van der Waals surface area contributed by atoms with Crippen LogP contribution in [0.3, 0.4) is 0 Å². The van der Waals surface area contributed by atoms with Crippen molar-refractivity contribution in [1.82, 2.24) is 5.32 Å². The number of benzene rings is 1. The van der Waals surface area contributed by atoms with Crippen LogP contribution in [0, 0.1) is 17.7 Å². The van der Waals surface area contributed by atoms with Gasteiger partial charge in [-0.15, -0.1) is 0 Å². The summed E-state index contributed by atoms with van der Waals surface area (Å²) in [5.74, 6) is -0.244. The van der Waals surface area contributed by atoms with E-state index in [2.05, 4.69) is 12.2 Å². The zero-order chi connectivity index (χ0) is 24.5. The maximum Gasteiger partial charge on any atom is 0.407 e. The maximum atomic E-state index is 15.4. The van der Waals surface area contributed by atoms with E-state index in [1.54, 1.807) is 0 Å². The molecule has 1 aromatic rings. The average Bonchev–Trinajstić information content (AvgIpc) is 2.75. The van der Waals surface area contributed by atoms with Crippen LogP contribution in [-0.4, -0.2) is 23.7 Å². The van der Waals surface area contributed by atoms with Crippen molar-refractivity contribution < 1.29 is 23.5 Å². The first-order valence-electron chi connectivity index (χ1n) is 13.1. The number of fused-ring (bicyclic) bond motifs is 4. The molecular formula is C28H40FNO4. The highest BCUT2D eigenvalue weighted by molar-refractivity contribution is 5.75. The molecule has 1 amide bonds. The van der Waals surface area contributed by atoms with Gasteiger partial charge in [0.1, 0.15) is 17.2 Å². The van der Waals surface area contributed by atoms with Crippen molar-refractivity contribution in [3.8, 4) is 5.75 Å². The van der Waals surface area contributed by atoms with Gasteiger partial charge in [-0.1, -0.05) is 45.4 Å². The number of hydrogen-bond donors (Lipinski definition) is 1. The lowest BCUT2D eigenvalue weighted by Crippen LogP contribution is -2.57. The molecule has 2 fully saturated rings. The number of nitrogens with one attached hydrogen (secondary N) is 1. The maximum absolute atomic E-state index is 15.4. The molecule has 2 bridgehead atoms. The minimum Gasteiger partial charge on any atom is -0.444 e. The van der Waals surface area contributed by atoms with Crippen LogP contribution in [-0.2, 0) is 21.4 Å². The van der Waals surface area contributed by atoms with Gasteiger partial charge in [-0.25, -0.2) is 9.18 Å². The van der Waals surface area contributed by atoms with Gasteiger partial charge >= 0.3 is 12.1 Å². The van der Waals surface area contributed by atoms with Crippen molar-refractivity contribution in [2.75, 3.05) is 0 Å². The van der Waals surface area contributed by atoms with Gasteiger partial charge in [-0.2, -0.15) is 0 Å². The Morgan fingerprint density at radius 2 is 1.71 bits per heavy atom. The van der Waals surface area contributed by atoms with Gasteiger partial charge in [-0.3, -0.25) is 4.79 Å². The van der Waals surface area contributed by atoms with Crippen molar-refractivity contribution in [1.29, 1.82) is 0 Å². The second-order valence-electron chi connectivity index (χ2n) is 11.8. The number of amides is 1. The number of hydrogen-bond acceptors (Lipinski definition) is 4. The molecule has 0 aliphatic heterocycles. The van der Waals surface area contributed by atoms with E-state index < -0.39 is 17.1 Å². The summed E-state index contributed by atoms with van der Waals surface area (Å²) in [6, 6.07) is 3.07. The summed E-state index contributed by atoms with van der Waals surface area (Å²) in [6.07, 6.45) is 10.0. The van der Waals surface area contributed by atoms with E-state index in [-0.39, 0.29) is 35.4 Å². The minimum atomic E-state index is -0.591. The van der Waals surface area contributed by atoms with E-state index in [4.69, 9.17) is 9.47 Å². The number of carbonyl (C=O) groups is 2. The van der Waals surface area contributed by atoms with Crippen LogP contribution in [0.2, 0.25) is 0 Å². The van der Waals surface area contributed by atoms with Crippen molar-refractivity contribution in [3.63, 3.8) is 0 Å². The Morgan fingerprint density at radius 1 is 1.03 bits per heavy atom. The molecule has 3 atom stereocenters. The molecule has 0 radical (unpaired) electrons. The van der Waals surface area contributed by atoms with Crippen LogP contribution in [0.25, 0.3) is 0 Å². The Morgan fingerprint density at radius 3 is 2.41 bits per heavy atom. The lowest BCUT2D eigenvalue weighted by Gasteiger charge is -2.49. The third kappa shape index (κ3) is 5.41. The largest absolute Gasteiger partial charge is 0.444 e. The average molecular weight is 474 g/mol. The van der Waals surface area contributed by atoms with Crippen molar-refractivity contribution in [2.24, 2.45) is 11.8 Å². The number of alkyl carbamates (subject to hydrolysis) is 1. The number of halogens is 1. The zero-order valence-corrected chi connectivity index (χ0v) is 21.2. The molecule has 3 aliphatic rings. The van der Waals surface area contributed by atoms with Crippen LogP contribution >= 0.6 is 0 Å². The van der Waals surface area contributed by atoms with Crippen molar-refractivity contribution in [2.45, 2.75) is 115 Å². The Hall–Kier alpha value is -2.11. The highest BCUT2D eigenvalue weighted by Crippen LogP contribution is 2.48. The Kier molecular flexibility index (Phi) is 7.25. The summed E-state index contributed by atoms with van der Waals surface area (Å²) in [6.45, 7) is 7.68. The summed E-state index contributed by atoms with van der Waals surface area (Å²) in [5.41, 5.74) is 0.503. The molecule has 0 aromatic heterocycles. The van der Waals surface area contributed by atoms with Gasteiger partial charge < -0.3 is 14.8 Å². The van der Waals surface area contributed by atoms with Gasteiger partial charge in [0.25, 0.3) is 0 Å². The summed E-state index contributed by atoms with van der Waals surface area (Å²) < 4.78 is 26.8. The fourth-order valence-electron chi connectivity index (χ4n) is 6.34. The molecule has 3 aliphatic carbocycles. The van der Waals surface area contributed by atoms with Crippen LogP contribution < -0.4 is 10.1 Å². The molecule has 1 aromatic carbocycles. The SMILES string of the molecule is CC(C)(C)OC(=O)NC1C2CCCCCC1(C)c1cc(OC(=O)C3CCCCC3)cc(F)c1C2. The molecule has 4 rings (SSSR count). The smallest absolute Gasteiger partial charge is 0.407 e. The molecule has 34 heavy (non-hydrogen) atoms. The molecule has 0 saturated heterocycles. The van der Waals surface area contributed by atoms with E-state index in [0.29, 0.717) is 12.0 Å². The van der Waals surface area contributed by atoms with Gasteiger partial charge in [0.2, 0.25) is 0 Å². The van der Waals surface area contributed by atoms with E-state index in [9.17, 15) is 9.59 Å². The molecule has 6 heteroatoms. The van der Waals surface area contributed by atoms with E-state index in [1.807, 2.05) is 26.8 Å². The van der Waals surface area contributed by atoms with Crippen LogP contribution in [0.1, 0.15) is 103 Å². The fraction of sp³-hybridized carbons (Fsp3) is 0.714. The molecule has 5 nitrogen and oxygen atoms in total. The Bertz CT molecular complexity index is 918. The lowest BCUT2D eigenvalue weighted by atomic mass is 9.59. The third-order valence-corrected chi connectivity index (χ3v) is 8.01. The molecular weight excluding hydrogens is 433 g/mol. The predicted octanol–water partition coefficient (Wildman–Crippen LogP) is 6.60. The number of carbonyl (C=O) groups excluding carboxylic acids is 2. The number of ether oxygens (including phenoxy) is 2. The quantitative estimate of drug-likeness (QED) is 0.397. The third-order valence-electron chi connectivity index (χ3n) is 8.01. The second-order valence-corrected chi connectivity index (χ2v) is 11.8. The molecule has 1 N–H and O–H groups in total. The van der Waals surface area contributed by atoms with E-state index in [0.717, 1.165) is 69.8 Å². The fourth-order valence-corrected chi connectivity index (χ4v) is 6.34. The molecule has 0 heterocycles. The second kappa shape index (κ2) is 9.87. The van der Waals surface area contributed by atoms with Gasteiger partial charge in [0.05, 0.1) is 5.92 Å². The number of esters is 1. The summed E-state index contributed by atoms with van der Waals surface area (Å²) in [7, 11) is 0. The predicted molar refractivity (Wildman–Crippen MR) is 129 cm³/mol. The summed E-state index contributed by atoms with van der Waals surface area (Å²) in [5, 5.41) is 3.17. The highest BCUT2D eigenvalue weighted by Gasteiger charge is 2.48. The summed E-state index contributed by atoms with van der Waals surface area (Å²) >= 11 is 0. The number of rotatable bonds is 3. The Balaban J connectivity index is 1.65. The van der Waals surface area contributed by atoms with E-state index in [1.165, 1.54) is 6.07 Å². The first kappa shape index (κ1) is 25.0. The summed E-state index contributed by atoms with van der Waals surface area (Å²) in [4.78, 5) is 25.6. The molecule has 0 spiro atoms. The normalized spacial score (nSPS) is 27.7. The van der Waals surface area contributed by atoms with Gasteiger partial charge in [0, 0.05) is 17.5 Å². The van der Waals surface area contributed by atoms with Crippen LogP contribution in [0.5, 0.6) is 5.75 Å². The van der Waals surface area contributed by atoms with Crippen LogP contribution in [0.4, 0.5) is 9.18 Å². The van der Waals surface area contributed by atoms with Crippen molar-refractivity contribution in [3.05, 3.63) is 29.1 Å². The standard InChI is InChI=1S/C28H40FNO4/c1-27(2,3)34-26(32)30-24-19-13-9-6-10-14-28(24,4)22-16-20(17-23(29)21(22)15-19)33-25(31)18-11-7-5-8-12-18/h16-19,24H,5-15H2,1-4H3,(H,30,32). The molecule has 2 saturated carbocycles. The molecule has 188 valence electrons. The topological polar surface area (TPSA) is 64.6 Å². The minimum absolute atomic E-state index is 0.101. The van der Waals surface area contributed by atoms with Gasteiger partial charge in [-0.05, 0) is 76.0 Å². The lowest BCUT2D eigenvalue weighted by molar-refractivity contribution is -0.140. The van der Waals surface area contributed by atoms with E-state index >= 15 is 4.39 Å². The van der Waals surface area contributed by atoms with Crippen molar-refractivity contribution >= 4 is 12.1 Å².